The molecule has 0 aromatic heterocycles. The summed E-state index contributed by atoms with van der Waals surface area (Å²) in [5.41, 5.74) is 0. The number of allylic oxidation sites excluding steroid dienone is 2. The molecule has 0 saturated carbocycles. The van der Waals surface area contributed by atoms with E-state index >= 15 is 0 Å². The molecule has 0 amide bonds. The van der Waals surface area contributed by atoms with Crippen LogP contribution in [-0.4, -0.2) is 0 Å². The van der Waals surface area contributed by atoms with E-state index < -0.39 is 0 Å². The molecule has 0 spiro atoms. The standard InChI is InChI=1S/C7H13O/c1-4-6-8-7(3)5-2/h5-6H,4H2,1-3H3/b7-5-. The highest BCUT2D eigenvalue weighted by molar-refractivity contribution is 4.85. The van der Waals surface area contributed by atoms with Crippen molar-refractivity contribution in [2.75, 3.05) is 0 Å². The van der Waals surface area contributed by atoms with Crippen molar-refractivity contribution < 1.29 is 4.74 Å². The van der Waals surface area contributed by atoms with E-state index in [9.17, 15) is 0 Å². The Labute approximate surface area is 51.4 Å². The maximum absolute atomic E-state index is 5.08. The molecule has 1 heteroatoms. The first-order valence-corrected chi connectivity index (χ1v) is 2.92. The zero-order chi connectivity index (χ0) is 6.41. The Morgan fingerprint density at radius 3 is 2.62 bits per heavy atom. The molecule has 0 N–H and O–H groups in total. The second-order valence-electron chi connectivity index (χ2n) is 1.59. The smallest absolute Gasteiger partial charge is 0.135 e. The quantitative estimate of drug-likeness (QED) is 0.511. The van der Waals surface area contributed by atoms with Crippen LogP contribution in [0.15, 0.2) is 11.8 Å². The van der Waals surface area contributed by atoms with Crippen molar-refractivity contribution in [3.63, 3.8) is 0 Å². The van der Waals surface area contributed by atoms with Crippen LogP contribution in [0.25, 0.3) is 0 Å². The second-order valence-corrected chi connectivity index (χ2v) is 1.59. The third-order valence-electron chi connectivity index (χ3n) is 0.842. The zero-order valence-electron chi connectivity index (χ0n) is 5.77. The van der Waals surface area contributed by atoms with Crippen LogP contribution in [0.1, 0.15) is 27.2 Å². The third-order valence-corrected chi connectivity index (χ3v) is 0.842. The highest BCUT2D eigenvalue weighted by Gasteiger charge is 1.83. The summed E-state index contributed by atoms with van der Waals surface area (Å²) in [6.45, 7) is 7.73. The van der Waals surface area contributed by atoms with Gasteiger partial charge in [0, 0.05) is 0 Å². The van der Waals surface area contributed by atoms with Crippen molar-refractivity contribution in [1.82, 2.24) is 0 Å². The van der Waals surface area contributed by atoms with Gasteiger partial charge < -0.3 is 4.74 Å². The molecule has 47 valence electrons. The van der Waals surface area contributed by atoms with Crippen molar-refractivity contribution in [2.45, 2.75) is 27.2 Å². The molecule has 0 atom stereocenters. The summed E-state index contributed by atoms with van der Waals surface area (Å²) in [6.07, 6.45) is 2.90. The van der Waals surface area contributed by atoms with Gasteiger partial charge in [-0.3, -0.25) is 0 Å². The Morgan fingerprint density at radius 2 is 2.25 bits per heavy atom. The van der Waals surface area contributed by atoms with Crippen molar-refractivity contribution >= 4 is 0 Å². The monoisotopic (exact) mass is 113 g/mol. The Kier molecular flexibility index (Phi) is 4.42. The minimum Gasteiger partial charge on any atom is -0.492 e. The Morgan fingerprint density at radius 1 is 1.62 bits per heavy atom. The maximum Gasteiger partial charge on any atom is 0.135 e. The molecular formula is C7H13O. The summed E-state index contributed by atoms with van der Waals surface area (Å²) in [5, 5.41) is 0. The van der Waals surface area contributed by atoms with E-state index in [1.165, 1.54) is 0 Å². The molecule has 0 bridgehead atoms. The van der Waals surface area contributed by atoms with Gasteiger partial charge in [-0.15, -0.1) is 0 Å². The highest BCUT2D eigenvalue weighted by Crippen LogP contribution is 1.98. The fourth-order valence-electron chi connectivity index (χ4n) is 0.283. The molecule has 8 heavy (non-hydrogen) atoms. The van der Waals surface area contributed by atoms with Crippen molar-refractivity contribution in [1.29, 1.82) is 0 Å². The van der Waals surface area contributed by atoms with Gasteiger partial charge >= 0.3 is 0 Å². The molecule has 1 radical (unpaired) electrons. The Bertz CT molecular complexity index is 74.5. The van der Waals surface area contributed by atoms with E-state index in [1.54, 1.807) is 6.61 Å². The van der Waals surface area contributed by atoms with Gasteiger partial charge in [0.05, 0.1) is 5.76 Å². The van der Waals surface area contributed by atoms with Gasteiger partial charge in [-0.2, -0.15) is 0 Å². The summed E-state index contributed by atoms with van der Waals surface area (Å²) < 4.78 is 5.08. The van der Waals surface area contributed by atoms with E-state index in [0.29, 0.717) is 0 Å². The van der Waals surface area contributed by atoms with E-state index in [0.717, 1.165) is 12.2 Å². The lowest BCUT2D eigenvalue weighted by Crippen LogP contribution is -1.81. The molecule has 0 aromatic rings. The molecular weight excluding hydrogens is 100 g/mol. The van der Waals surface area contributed by atoms with Crippen LogP contribution in [0, 0.1) is 6.61 Å². The predicted octanol–water partition coefficient (Wildman–Crippen LogP) is 2.50. The van der Waals surface area contributed by atoms with Crippen LogP contribution in [-0.2, 0) is 4.74 Å². The number of hydrogen-bond donors (Lipinski definition) is 0. The van der Waals surface area contributed by atoms with E-state index in [-0.39, 0.29) is 0 Å². The molecule has 0 unspecified atom stereocenters. The normalized spacial score (nSPS) is 11.6. The molecule has 0 fully saturated rings. The third kappa shape index (κ3) is 3.72. The molecule has 0 heterocycles. The lowest BCUT2D eigenvalue weighted by molar-refractivity contribution is 0.284. The van der Waals surface area contributed by atoms with Crippen LogP contribution in [0.5, 0.6) is 0 Å². The summed E-state index contributed by atoms with van der Waals surface area (Å²) in [5.74, 6) is 0.965. The zero-order valence-corrected chi connectivity index (χ0v) is 5.77. The van der Waals surface area contributed by atoms with Gasteiger partial charge in [0.1, 0.15) is 6.61 Å². The first-order valence-electron chi connectivity index (χ1n) is 2.92. The summed E-state index contributed by atoms with van der Waals surface area (Å²) >= 11 is 0. The van der Waals surface area contributed by atoms with E-state index in [1.807, 2.05) is 26.8 Å². The lowest BCUT2D eigenvalue weighted by Gasteiger charge is -1.99. The maximum atomic E-state index is 5.08. The molecule has 0 rings (SSSR count). The van der Waals surface area contributed by atoms with Gasteiger partial charge in [0.15, 0.2) is 0 Å². The average Bonchev–Trinajstić information content (AvgIpc) is 1.83. The summed E-state index contributed by atoms with van der Waals surface area (Å²) in [6, 6.07) is 0. The minimum absolute atomic E-state index is 0.963. The number of ether oxygens (including phenoxy) is 1. The van der Waals surface area contributed by atoms with Crippen LogP contribution < -0.4 is 0 Å². The first kappa shape index (κ1) is 7.54. The van der Waals surface area contributed by atoms with Crippen molar-refractivity contribution in [3.05, 3.63) is 18.4 Å². The Hall–Kier alpha value is -0.460. The molecule has 0 saturated heterocycles. The second kappa shape index (κ2) is 4.69. The number of rotatable bonds is 3. The fraction of sp³-hybridized carbons (Fsp3) is 0.571. The topological polar surface area (TPSA) is 9.23 Å². The Balaban J connectivity index is 3.12. The van der Waals surface area contributed by atoms with Crippen LogP contribution >= 0.6 is 0 Å². The predicted molar refractivity (Wildman–Crippen MR) is 35.1 cm³/mol. The van der Waals surface area contributed by atoms with Gasteiger partial charge in [-0.05, 0) is 26.3 Å². The summed E-state index contributed by atoms with van der Waals surface area (Å²) in [4.78, 5) is 0. The van der Waals surface area contributed by atoms with Gasteiger partial charge in [-0.25, -0.2) is 0 Å². The van der Waals surface area contributed by atoms with Gasteiger partial charge in [-0.1, -0.05) is 6.92 Å². The minimum atomic E-state index is 0.963. The van der Waals surface area contributed by atoms with E-state index in [2.05, 4.69) is 0 Å². The van der Waals surface area contributed by atoms with E-state index in [4.69, 9.17) is 4.74 Å². The molecule has 0 aliphatic carbocycles. The highest BCUT2D eigenvalue weighted by atomic mass is 16.5. The van der Waals surface area contributed by atoms with Gasteiger partial charge in [0.2, 0.25) is 0 Å². The van der Waals surface area contributed by atoms with Crippen LogP contribution in [0.3, 0.4) is 0 Å². The number of hydrogen-bond acceptors (Lipinski definition) is 1. The molecule has 0 aliphatic heterocycles. The molecule has 1 nitrogen and oxygen atoms in total. The molecule has 0 aliphatic rings. The molecule has 0 aromatic carbocycles. The first-order chi connectivity index (χ1) is 3.81. The van der Waals surface area contributed by atoms with Crippen molar-refractivity contribution in [3.8, 4) is 0 Å². The largest absolute Gasteiger partial charge is 0.492 e. The van der Waals surface area contributed by atoms with Gasteiger partial charge in [0.25, 0.3) is 0 Å². The van der Waals surface area contributed by atoms with Crippen molar-refractivity contribution in [2.24, 2.45) is 0 Å². The fourth-order valence-corrected chi connectivity index (χ4v) is 0.283. The lowest BCUT2D eigenvalue weighted by atomic mass is 10.5. The summed E-state index contributed by atoms with van der Waals surface area (Å²) in [7, 11) is 0. The van der Waals surface area contributed by atoms with Crippen LogP contribution in [0.4, 0.5) is 0 Å². The average molecular weight is 113 g/mol. The SMILES string of the molecule is C/C=C(/C)O[CH]CC. The van der Waals surface area contributed by atoms with Crippen LogP contribution in [0.2, 0.25) is 0 Å².